The highest BCUT2D eigenvalue weighted by Crippen LogP contribution is 2.32. The van der Waals surface area contributed by atoms with Crippen LogP contribution in [0.5, 0.6) is 0 Å². The second-order valence-corrected chi connectivity index (χ2v) is 6.30. The molecular weight excluding hydrogens is 379 g/mol. The number of carbonyl (C=O) groups is 1. The first kappa shape index (κ1) is 19.3. The largest absolute Gasteiger partial charge is 0.481 e. The lowest BCUT2D eigenvalue weighted by Crippen LogP contribution is -2.50. The zero-order chi connectivity index (χ0) is 18.3. The molecule has 0 bridgehead atoms. The van der Waals surface area contributed by atoms with E-state index in [1.165, 1.54) is 18.5 Å². The Labute approximate surface area is 159 Å². The molecule has 3 aromatic rings. The van der Waals surface area contributed by atoms with E-state index >= 15 is 0 Å². The number of fused-ring (bicyclic) bond motifs is 3. The van der Waals surface area contributed by atoms with Gasteiger partial charge in [0, 0.05) is 18.5 Å². The predicted molar refractivity (Wildman–Crippen MR) is 98.8 cm³/mol. The Morgan fingerprint density at radius 2 is 2.11 bits per heavy atom. The first-order valence-electron chi connectivity index (χ1n) is 8.20. The van der Waals surface area contributed by atoms with Crippen LogP contribution in [0.25, 0.3) is 21.9 Å². The number of hydrogen-bond donors (Lipinski definition) is 3. The van der Waals surface area contributed by atoms with Crippen LogP contribution < -0.4 is 4.90 Å². The van der Waals surface area contributed by atoms with Gasteiger partial charge in [-0.05, 0) is 18.2 Å². The van der Waals surface area contributed by atoms with Crippen molar-refractivity contribution in [2.24, 2.45) is 0 Å². The molecule has 27 heavy (non-hydrogen) atoms. The van der Waals surface area contributed by atoms with Crippen LogP contribution in [-0.4, -0.2) is 63.0 Å². The van der Waals surface area contributed by atoms with E-state index in [1.807, 2.05) is 4.90 Å². The van der Waals surface area contributed by atoms with Crippen molar-refractivity contribution in [1.29, 1.82) is 0 Å². The van der Waals surface area contributed by atoms with E-state index in [-0.39, 0.29) is 31.3 Å². The summed E-state index contributed by atoms with van der Waals surface area (Å²) in [5, 5.41) is 20.1. The maximum atomic E-state index is 13.5. The Kier molecular flexibility index (Phi) is 5.45. The number of aliphatic hydroxyl groups is 1. The molecule has 144 valence electrons. The Morgan fingerprint density at radius 3 is 2.85 bits per heavy atom. The number of carboxylic acids is 1. The average Bonchev–Trinajstić information content (AvgIpc) is 2.98. The van der Waals surface area contributed by atoms with E-state index in [0.717, 1.165) is 10.8 Å². The third-order valence-corrected chi connectivity index (χ3v) is 4.47. The highest BCUT2D eigenvalue weighted by Gasteiger charge is 2.31. The van der Waals surface area contributed by atoms with Crippen molar-refractivity contribution < 1.29 is 24.1 Å². The van der Waals surface area contributed by atoms with E-state index in [4.69, 9.17) is 9.84 Å². The van der Waals surface area contributed by atoms with Crippen LogP contribution in [0.2, 0.25) is 0 Å². The molecule has 2 atom stereocenters. The van der Waals surface area contributed by atoms with E-state index in [9.17, 15) is 14.3 Å². The molecule has 0 spiro atoms. The summed E-state index contributed by atoms with van der Waals surface area (Å²) in [5.41, 5.74) is 1.17. The summed E-state index contributed by atoms with van der Waals surface area (Å²) in [6.07, 6.45) is 0.158. The van der Waals surface area contributed by atoms with Crippen molar-refractivity contribution >= 4 is 46.1 Å². The minimum absolute atomic E-state index is 0. The summed E-state index contributed by atoms with van der Waals surface area (Å²) in [6.45, 7) is 0.468. The van der Waals surface area contributed by atoms with Crippen molar-refractivity contribution in [2.75, 3.05) is 24.6 Å². The molecule has 10 heteroatoms. The number of benzene rings is 1. The van der Waals surface area contributed by atoms with Gasteiger partial charge in [-0.2, -0.15) is 0 Å². The predicted octanol–water partition coefficient (Wildman–Crippen LogP) is 1.71. The molecule has 3 N–H and O–H groups in total. The molecule has 1 fully saturated rings. The zero-order valence-electron chi connectivity index (χ0n) is 14.1. The lowest BCUT2D eigenvalue weighted by molar-refractivity contribution is -0.142. The number of aliphatic carboxylic acids is 1. The lowest BCUT2D eigenvalue weighted by Gasteiger charge is -2.37. The molecule has 1 aliphatic rings. The fourth-order valence-electron chi connectivity index (χ4n) is 3.43. The summed E-state index contributed by atoms with van der Waals surface area (Å²) in [4.78, 5) is 24.6. The molecule has 3 heterocycles. The number of hydrogen-bond acceptors (Lipinski definition) is 6. The molecule has 4 rings (SSSR count). The normalized spacial score (nSPS) is 20.0. The van der Waals surface area contributed by atoms with Crippen LogP contribution in [0, 0.1) is 5.82 Å². The molecule has 1 aliphatic heterocycles. The number of nitrogens with zero attached hydrogens (tertiary/aromatic N) is 3. The van der Waals surface area contributed by atoms with Gasteiger partial charge in [0.05, 0.1) is 36.1 Å². The third kappa shape index (κ3) is 3.66. The first-order chi connectivity index (χ1) is 12.5. The molecule has 0 aliphatic carbocycles. The minimum atomic E-state index is -0.969. The molecule has 0 saturated carbocycles. The molecule has 1 saturated heterocycles. The topological polar surface area (TPSA) is 112 Å². The van der Waals surface area contributed by atoms with E-state index < -0.39 is 18.2 Å². The van der Waals surface area contributed by atoms with Gasteiger partial charge in [-0.25, -0.2) is 14.4 Å². The third-order valence-electron chi connectivity index (χ3n) is 4.47. The number of aromatic nitrogens is 3. The highest BCUT2D eigenvalue weighted by atomic mass is 35.5. The smallest absolute Gasteiger partial charge is 0.306 e. The van der Waals surface area contributed by atoms with E-state index in [2.05, 4.69) is 15.0 Å². The minimum Gasteiger partial charge on any atom is -0.481 e. The number of aromatic amines is 1. The monoisotopic (exact) mass is 396 g/mol. The van der Waals surface area contributed by atoms with E-state index in [1.54, 1.807) is 6.07 Å². The maximum Gasteiger partial charge on any atom is 0.306 e. The number of aliphatic hydroxyl groups excluding tert-OH is 1. The number of carboxylic acid groups (broad SMARTS) is 1. The molecule has 1 aromatic carbocycles. The fourth-order valence-corrected chi connectivity index (χ4v) is 3.43. The molecule has 2 aromatic heterocycles. The molecule has 0 unspecified atom stereocenters. The van der Waals surface area contributed by atoms with Crippen LogP contribution in [0.1, 0.15) is 6.42 Å². The van der Waals surface area contributed by atoms with Gasteiger partial charge in [0.15, 0.2) is 0 Å². The van der Waals surface area contributed by atoms with Gasteiger partial charge >= 0.3 is 5.97 Å². The van der Waals surface area contributed by atoms with Crippen molar-refractivity contribution in [3.63, 3.8) is 0 Å². The molecule has 0 amide bonds. The van der Waals surface area contributed by atoms with Crippen molar-refractivity contribution in [1.82, 2.24) is 15.0 Å². The quantitative estimate of drug-likeness (QED) is 0.615. The standard InChI is InChI=1S/C17H17FN4O4.ClH/c18-9-1-2-12-13(3-9)21-16-15(12)17(20-8-19-16)22-5-10(4-14(24)25)26-11(6-22)7-23;/h1-3,8,10-11,23H,4-7H2,(H,24,25)(H,19,20,21);1H/t10-,11-;/m0./s1. The summed E-state index contributed by atoms with van der Waals surface area (Å²) in [5.74, 6) is -0.722. The molecule has 0 radical (unpaired) electrons. The summed E-state index contributed by atoms with van der Waals surface area (Å²) in [6, 6.07) is 4.42. The maximum absolute atomic E-state index is 13.5. The van der Waals surface area contributed by atoms with Crippen LogP contribution in [0.15, 0.2) is 24.5 Å². The highest BCUT2D eigenvalue weighted by molar-refractivity contribution is 6.11. The molecular formula is C17H18ClFN4O4. The Morgan fingerprint density at radius 1 is 1.33 bits per heavy atom. The van der Waals surface area contributed by atoms with Gasteiger partial charge in [0.2, 0.25) is 0 Å². The zero-order valence-corrected chi connectivity index (χ0v) is 14.9. The Bertz CT molecular complexity index is 982. The number of H-pyrrole nitrogens is 1. The van der Waals surface area contributed by atoms with Gasteiger partial charge < -0.3 is 24.8 Å². The van der Waals surface area contributed by atoms with Crippen LogP contribution >= 0.6 is 12.4 Å². The van der Waals surface area contributed by atoms with Crippen LogP contribution in [0.3, 0.4) is 0 Å². The number of halogens is 2. The van der Waals surface area contributed by atoms with Gasteiger partial charge in [-0.1, -0.05) is 0 Å². The fraction of sp³-hybridized carbons (Fsp3) is 0.353. The molecule has 8 nitrogen and oxygen atoms in total. The number of ether oxygens (including phenoxy) is 1. The number of rotatable bonds is 4. The van der Waals surface area contributed by atoms with Gasteiger partial charge in [-0.3, -0.25) is 4.79 Å². The SMILES string of the molecule is Cl.O=C(O)C[C@H]1CN(c2ncnc3[nH]c4cc(F)ccc4c23)C[C@@H](CO)O1. The number of anilines is 1. The second kappa shape index (κ2) is 7.63. The van der Waals surface area contributed by atoms with Gasteiger partial charge in [0.1, 0.15) is 23.6 Å². The number of morpholine rings is 1. The van der Waals surface area contributed by atoms with E-state index in [0.29, 0.717) is 30.1 Å². The summed E-state index contributed by atoms with van der Waals surface area (Å²) in [7, 11) is 0. The lowest BCUT2D eigenvalue weighted by atomic mass is 10.1. The first-order valence-corrected chi connectivity index (χ1v) is 8.20. The van der Waals surface area contributed by atoms with Crippen molar-refractivity contribution in [3.8, 4) is 0 Å². The number of nitrogens with one attached hydrogen (secondary N) is 1. The van der Waals surface area contributed by atoms with Gasteiger partial charge in [0.25, 0.3) is 0 Å². The van der Waals surface area contributed by atoms with Gasteiger partial charge in [-0.15, -0.1) is 12.4 Å². The Hall–Kier alpha value is -2.49. The van der Waals surface area contributed by atoms with Crippen LogP contribution in [-0.2, 0) is 9.53 Å². The van der Waals surface area contributed by atoms with Crippen molar-refractivity contribution in [2.45, 2.75) is 18.6 Å². The second-order valence-electron chi connectivity index (χ2n) is 6.30. The Balaban J connectivity index is 0.00000210. The average molecular weight is 397 g/mol. The van der Waals surface area contributed by atoms with Crippen LogP contribution in [0.4, 0.5) is 10.2 Å². The van der Waals surface area contributed by atoms with Crippen molar-refractivity contribution in [3.05, 3.63) is 30.3 Å². The summed E-state index contributed by atoms with van der Waals surface area (Å²) >= 11 is 0. The summed E-state index contributed by atoms with van der Waals surface area (Å²) < 4.78 is 19.1.